The van der Waals surface area contributed by atoms with E-state index in [-0.39, 0.29) is 5.91 Å². The molecule has 0 saturated heterocycles. The van der Waals surface area contributed by atoms with Crippen molar-refractivity contribution in [2.24, 2.45) is 0 Å². The van der Waals surface area contributed by atoms with E-state index in [0.717, 1.165) is 11.3 Å². The van der Waals surface area contributed by atoms with E-state index in [9.17, 15) is 9.18 Å². The first kappa shape index (κ1) is 16.6. The van der Waals surface area contributed by atoms with Crippen LogP contribution in [-0.2, 0) is 6.54 Å². The van der Waals surface area contributed by atoms with Crippen molar-refractivity contribution >= 4 is 17.3 Å². The van der Waals surface area contributed by atoms with Gasteiger partial charge in [-0.15, -0.1) is 0 Å². The summed E-state index contributed by atoms with van der Waals surface area (Å²) in [7, 11) is 0. The van der Waals surface area contributed by atoms with E-state index >= 15 is 0 Å². The lowest BCUT2D eigenvalue weighted by Gasteiger charge is -2.09. The summed E-state index contributed by atoms with van der Waals surface area (Å²) in [5, 5.41) is 5.91. The topological polar surface area (TPSA) is 54.0 Å². The molecule has 0 aliphatic heterocycles. The summed E-state index contributed by atoms with van der Waals surface area (Å²) in [6, 6.07) is 15.7. The summed E-state index contributed by atoms with van der Waals surface area (Å²) in [5.74, 6) is -0.735. The molecule has 0 saturated carbocycles. The van der Waals surface area contributed by atoms with Gasteiger partial charge in [0.25, 0.3) is 5.91 Å². The Balaban J connectivity index is 1.66. The average molecular weight is 335 g/mol. The predicted molar refractivity (Wildman–Crippen MR) is 97.1 cm³/mol. The lowest BCUT2D eigenvalue weighted by atomic mass is 10.1. The van der Waals surface area contributed by atoms with E-state index < -0.39 is 5.82 Å². The van der Waals surface area contributed by atoms with E-state index in [0.29, 0.717) is 17.8 Å². The molecule has 5 heteroatoms. The summed E-state index contributed by atoms with van der Waals surface area (Å²) in [6.45, 7) is 2.68. The second-order valence-electron chi connectivity index (χ2n) is 5.77. The van der Waals surface area contributed by atoms with E-state index in [4.69, 9.17) is 0 Å². The summed E-state index contributed by atoms with van der Waals surface area (Å²) < 4.78 is 13.2. The SMILES string of the molecule is Cc1ccc(CNc2cncc(C(=O)Nc3cccc(F)c3)c2)cc1. The first-order valence-corrected chi connectivity index (χ1v) is 7.91. The number of carbonyl (C=O) groups is 1. The third kappa shape index (κ3) is 4.64. The summed E-state index contributed by atoms with van der Waals surface area (Å²) in [4.78, 5) is 16.4. The van der Waals surface area contributed by atoms with Gasteiger partial charge in [0.15, 0.2) is 0 Å². The molecule has 1 aromatic heterocycles. The van der Waals surface area contributed by atoms with Gasteiger partial charge in [0.05, 0.1) is 11.3 Å². The van der Waals surface area contributed by atoms with Gasteiger partial charge < -0.3 is 10.6 Å². The zero-order valence-electron chi connectivity index (χ0n) is 13.8. The second-order valence-corrected chi connectivity index (χ2v) is 5.77. The highest BCUT2D eigenvalue weighted by Gasteiger charge is 2.08. The summed E-state index contributed by atoms with van der Waals surface area (Å²) in [6.07, 6.45) is 3.14. The van der Waals surface area contributed by atoms with Crippen LogP contribution in [0.4, 0.5) is 15.8 Å². The quantitative estimate of drug-likeness (QED) is 0.727. The molecule has 0 spiro atoms. The van der Waals surface area contributed by atoms with Crippen molar-refractivity contribution in [3.8, 4) is 0 Å². The maximum Gasteiger partial charge on any atom is 0.257 e. The van der Waals surface area contributed by atoms with Gasteiger partial charge in [-0.05, 0) is 36.8 Å². The Morgan fingerprint density at radius 1 is 1.04 bits per heavy atom. The number of rotatable bonds is 5. The Kier molecular flexibility index (Phi) is 5.04. The van der Waals surface area contributed by atoms with Crippen molar-refractivity contribution < 1.29 is 9.18 Å². The number of pyridine rings is 1. The van der Waals surface area contributed by atoms with Gasteiger partial charge >= 0.3 is 0 Å². The number of amides is 1. The number of carbonyl (C=O) groups excluding carboxylic acids is 1. The van der Waals surface area contributed by atoms with Crippen LogP contribution >= 0.6 is 0 Å². The van der Waals surface area contributed by atoms with Crippen LogP contribution in [0.1, 0.15) is 21.5 Å². The number of aromatic nitrogens is 1. The highest BCUT2D eigenvalue weighted by atomic mass is 19.1. The lowest BCUT2D eigenvalue weighted by molar-refractivity contribution is 0.102. The van der Waals surface area contributed by atoms with Crippen molar-refractivity contribution in [3.05, 3.63) is 89.5 Å². The van der Waals surface area contributed by atoms with E-state index in [1.807, 2.05) is 6.92 Å². The van der Waals surface area contributed by atoms with Gasteiger partial charge in [-0.25, -0.2) is 4.39 Å². The fraction of sp³-hybridized carbons (Fsp3) is 0.100. The highest BCUT2D eigenvalue weighted by Crippen LogP contribution is 2.14. The molecule has 1 amide bonds. The second kappa shape index (κ2) is 7.57. The van der Waals surface area contributed by atoms with E-state index in [1.54, 1.807) is 24.4 Å². The molecule has 1 heterocycles. The van der Waals surface area contributed by atoms with Crippen LogP contribution in [0.5, 0.6) is 0 Å². The summed E-state index contributed by atoms with van der Waals surface area (Å²) >= 11 is 0. The van der Waals surface area contributed by atoms with Crippen LogP contribution in [0.15, 0.2) is 67.0 Å². The number of aryl methyl sites for hydroxylation is 1. The van der Waals surface area contributed by atoms with Gasteiger partial charge in [-0.3, -0.25) is 9.78 Å². The Bertz CT molecular complexity index is 878. The zero-order chi connectivity index (χ0) is 17.6. The fourth-order valence-corrected chi connectivity index (χ4v) is 2.34. The van der Waals surface area contributed by atoms with Crippen molar-refractivity contribution in [1.82, 2.24) is 4.98 Å². The molecule has 0 fully saturated rings. The van der Waals surface area contributed by atoms with Gasteiger partial charge in [0, 0.05) is 24.6 Å². The molecule has 2 aromatic carbocycles. The van der Waals surface area contributed by atoms with Crippen molar-refractivity contribution in [2.75, 3.05) is 10.6 Å². The molecule has 25 heavy (non-hydrogen) atoms. The minimum absolute atomic E-state index is 0.336. The van der Waals surface area contributed by atoms with Crippen molar-refractivity contribution in [2.45, 2.75) is 13.5 Å². The standard InChI is InChI=1S/C20H18FN3O/c1-14-5-7-15(8-6-14)11-23-19-9-16(12-22-13-19)20(25)24-18-4-2-3-17(21)10-18/h2-10,12-13,23H,11H2,1H3,(H,24,25). The molecule has 0 atom stereocenters. The van der Waals surface area contributed by atoms with Gasteiger partial charge in [0.1, 0.15) is 5.82 Å². The van der Waals surface area contributed by atoms with E-state index in [1.165, 1.54) is 23.9 Å². The molecule has 0 aliphatic rings. The molecule has 3 rings (SSSR count). The maximum atomic E-state index is 13.2. The first-order valence-electron chi connectivity index (χ1n) is 7.91. The van der Waals surface area contributed by atoms with Crippen LogP contribution in [0.3, 0.4) is 0 Å². The summed E-state index contributed by atoms with van der Waals surface area (Å²) in [5.41, 5.74) is 3.90. The molecule has 4 nitrogen and oxygen atoms in total. The number of nitrogens with one attached hydrogen (secondary N) is 2. The number of hydrogen-bond donors (Lipinski definition) is 2. The Labute approximate surface area is 145 Å². The number of nitrogens with zero attached hydrogens (tertiary/aromatic N) is 1. The smallest absolute Gasteiger partial charge is 0.257 e. The van der Waals surface area contributed by atoms with Crippen LogP contribution in [0, 0.1) is 12.7 Å². The average Bonchev–Trinajstić information content (AvgIpc) is 2.61. The molecule has 0 radical (unpaired) electrons. The van der Waals surface area contributed by atoms with Gasteiger partial charge in [-0.1, -0.05) is 35.9 Å². The molecule has 126 valence electrons. The molecule has 0 aliphatic carbocycles. The fourth-order valence-electron chi connectivity index (χ4n) is 2.34. The third-order valence-corrected chi connectivity index (χ3v) is 3.70. The molecule has 0 bridgehead atoms. The van der Waals surface area contributed by atoms with Crippen LogP contribution in [0.2, 0.25) is 0 Å². The van der Waals surface area contributed by atoms with Crippen LogP contribution < -0.4 is 10.6 Å². The Morgan fingerprint density at radius 2 is 1.84 bits per heavy atom. The number of anilines is 2. The normalized spacial score (nSPS) is 10.3. The third-order valence-electron chi connectivity index (χ3n) is 3.70. The number of benzene rings is 2. The van der Waals surface area contributed by atoms with Crippen LogP contribution in [0.25, 0.3) is 0 Å². The van der Waals surface area contributed by atoms with Crippen molar-refractivity contribution in [1.29, 1.82) is 0 Å². The number of halogens is 1. The number of hydrogen-bond acceptors (Lipinski definition) is 3. The zero-order valence-corrected chi connectivity index (χ0v) is 13.8. The van der Waals surface area contributed by atoms with E-state index in [2.05, 4.69) is 39.9 Å². The minimum Gasteiger partial charge on any atom is -0.380 e. The minimum atomic E-state index is -0.399. The molecule has 0 unspecified atom stereocenters. The van der Waals surface area contributed by atoms with Gasteiger partial charge in [-0.2, -0.15) is 0 Å². The molecular formula is C20H18FN3O. The molecule has 3 aromatic rings. The molecule has 2 N–H and O–H groups in total. The predicted octanol–water partition coefficient (Wildman–Crippen LogP) is 4.39. The Morgan fingerprint density at radius 3 is 2.60 bits per heavy atom. The largest absolute Gasteiger partial charge is 0.380 e. The van der Waals surface area contributed by atoms with Gasteiger partial charge in [0.2, 0.25) is 0 Å². The van der Waals surface area contributed by atoms with Crippen LogP contribution in [-0.4, -0.2) is 10.9 Å². The Hall–Kier alpha value is -3.21. The monoisotopic (exact) mass is 335 g/mol. The highest BCUT2D eigenvalue weighted by molar-refractivity contribution is 6.04. The van der Waals surface area contributed by atoms with Crippen molar-refractivity contribution in [3.63, 3.8) is 0 Å². The first-order chi connectivity index (χ1) is 12.1. The molecular weight excluding hydrogens is 317 g/mol. The maximum absolute atomic E-state index is 13.2. The lowest BCUT2D eigenvalue weighted by Crippen LogP contribution is -2.13.